The van der Waals surface area contributed by atoms with Gasteiger partial charge in [-0.1, -0.05) is 12.1 Å². The molecule has 2 rings (SSSR count). The van der Waals surface area contributed by atoms with Crippen molar-refractivity contribution in [3.05, 3.63) is 56.9 Å². The molecule has 0 bridgehead atoms. The fourth-order valence-electron chi connectivity index (χ4n) is 2.10. The van der Waals surface area contributed by atoms with Gasteiger partial charge in [-0.3, -0.25) is 0 Å². The van der Waals surface area contributed by atoms with Crippen LogP contribution in [0, 0.1) is 20.7 Å². The summed E-state index contributed by atoms with van der Waals surface area (Å²) in [7, 11) is 1.43. The van der Waals surface area contributed by atoms with Crippen LogP contribution in [0.2, 0.25) is 0 Å². The van der Waals surface area contributed by atoms with Crippen LogP contribution in [0.15, 0.2) is 36.4 Å². The predicted molar refractivity (Wildman–Crippen MR) is 98.7 cm³/mol. The normalized spacial score (nSPS) is 10.9. The van der Waals surface area contributed by atoms with E-state index in [9.17, 15) is 14.4 Å². The van der Waals surface area contributed by atoms with Crippen molar-refractivity contribution in [1.82, 2.24) is 0 Å². The summed E-state index contributed by atoms with van der Waals surface area (Å²) in [6.07, 6.45) is 1.60. The average molecular weight is 453 g/mol. The molecular formula is C18H13FINO4. The Labute approximate surface area is 157 Å². The molecule has 0 unspecified atom stereocenters. The van der Waals surface area contributed by atoms with Gasteiger partial charge in [-0.15, -0.1) is 0 Å². The summed E-state index contributed by atoms with van der Waals surface area (Å²) in [6, 6.07) is 11.1. The van der Waals surface area contributed by atoms with Gasteiger partial charge in [0.05, 0.1) is 22.3 Å². The Morgan fingerprint density at radius 2 is 2.16 bits per heavy atom. The standard InChI is InChI=1S/C18H13FINO4/c1-24-16-7-11(6-15(20)18(16)25-10-17(22)23)5-13(9-21)12-3-2-4-14(19)8-12/h2-8H,10H2,1H3,(H,22,23)/b13-5-. The van der Waals surface area contributed by atoms with Crippen LogP contribution >= 0.6 is 22.6 Å². The van der Waals surface area contributed by atoms with E-state index in [-0.39, 0.29) is 5.57 Å². The van der Waals surface area contributed by atoms with E-state index in [1.165, 1.54) is 25.3 Å². The summed E-state index contributed by atoms with van der Waals surface area (Å²) in [5.74, 6) is -0.870. The second kappa shape index (κ2) is 8.48. The number of nitriles is 1. The fourth-order valence-corrected chi connectivity index (χ4v) is 2.88. The molecule has 7 heteroatoms. The Balaban J connectivity index is 2.43. The first-order valence-electron chi connectivity index (χ1n) is 7.04. The summed E-state index contributed by atoms with van der Waals surface area (Å²) in [6.45, 7) is -0.492. The topological polar surface area (TPSA) is 79.5 Å². The van der Waals surface area contributed by atoms with Crippen LogP contribution in [0.25, 0.3) is 11.6 Å². The molecule has 0 saturated carbocycles. The Morgan fingerprint density at radius 3 is 2.76 bits per heavy atom. The molecule has 0 amide bonds. The lowest BCUT2D eigenvalue weighted by atomic mass is 10.0. The van der Waals surface area contributed by atoms with E-state index >= 15 is 0 Å². The maximum absolute atomic E-state index is 13.4. The van der Waals surface area contributed by atoms with Crippen molar-refractivity contribution in [3.8, 4) is 17.6 Å². The molecule has 5 nitrogen and oxygen atoms in total. The summed E-state index contributed by atoms with van der Waals surface area (Å²) >= 11 is 1.99. The SMILES string of the molecule is COc1cc(/C=C(/C#N)c2cccc(F)c2)cc(I)c1OCC(=O)O. The van der Waals surface area contributed by atoms with Crippen molar-refractivity contribution in [1.29, 1.82) is 5.26 Å². The zero-order valence-corrected chi connectivity index (χ0v) is 15.3. The molecule has 0 aliphatic carbocycles. The van der Waals surface area contributed by atoms with Gasteiger partial charge in [0.2, 0.25) is 0 Å². The molecule has 0 aromatic heterocycles. The number of methoxy groups -OCH3 is 1. The van der Waals surface area contributed by atoms with Crippen molar-refractivity contribution >= 4 is 40.2 Å². The molecule has 25 heavy (non-hydrogen) atoms. The number of allylic oxidation sites excluding steroid dienone is 1. The Hall–Kier alpha value is -2.60. The number of hydrogen-bond donors (Lipinski definition) is 1. The highest BCUT2D eigenvalue weighted by Crippen LogP contribution is 2.35. The summed E-state index contributed by atoms with van der Waals surface area (Å²) in [5.41, 5.74) is 1.39. The van der Waals surface area contributed by atoms with Crippen LogP contribution in [-0.2, 0) is 4.79 Å². The summed E-state index contributed by atoms with van der Waals surface area (Å²) < 4.78 is 24.5. The number of rotatable bonds is 6. The van der Waals surface area contributed by atoms with Crippen LogP contribution in [0.5, 0.6) is 11.5 Å². The van der Waals surface area contributed by atoms with E-state index in [4.69, 9.17) is 14.6 Å². The lowest BCUT2D eigenvalue weighted by Crippen LogP contribution is -2.11. The second-order valence-electron chi connectivity index (χ2n) is 4.90. The number of ether oxygens (including phenoxy) is 2. The van der Waals surface area contributed by atoms with Crippen molar-refractivity contribution < 1.29 is 23.8 Å². The fraction of sp³-hybridized carbons (Fsp3) is 0.111. The first-order valence-corrected chi connectivity index (χ1v) is 8.12. The van der Waals surface area contributed by atoms with Crippen molar-refractivity contribution in [2.24, 2.45) is 0 Å². The Kier molecular flexibility index (Phi) is 6.36. The molecular weight excluding hydrogens is 440 g/mol. The van der Waals surface area contributed by atoms with Crippen molar-refractivity contribution in [3.63, 3.8) is 0 Å². The second-order valence-corrected chi connectivity index (χ2v) is 6.06. The number of halogens is 2. The van der Waals surface area contributed by atoms with Gasteiger partial charge in [-0.2, -0.15) is 5.26 Å². The molecule has 0 aliphatic rings. The van der Waals surface area contributed by atoms with Crippen molar-refractivity contribution in [2.45, 2.75) is 0 Å². The first kappa shape index (κ1) is 18.7. The van der Waals surface area contributed by atoms with Gasteiger partial charge in [0.25, 0.3) is 0 Å². The molecule has 0 atom stereocenters. The maximum atomic E-state index is 13.4. The minimum absolute atomic E-state index is 0.288. The van der Waals surface area contributed by atoms with E-state index in [1.54, 1.807) is 24.3 Å². The third kappa shape index (κ3) is 4.93. The highest BCUT2D eigenvalue weighted by molar-refractivity contribution is 14.1. The molecule has 0 radical (unpaired) electrons. The monoisotopic (exact) mass is 453 g/mol. The van der Waals surface area contributed by atoms with Crippen LogP contribution in [-0.4, -0.2) is 24.8 Å². The zero-order valence-electron chi connectivity index (χ0n) is 13.1. The Bertz CT molecular complexity index is 874. The van der Waals surface area contributed by atoms with Gasteiger partial charge in [-0.25, -0.2) is 9.18 Å². The third-order valence-corrected chi connectivity index (χ3v) is 3.96. The van der Waals surface area contributed by atoms with Gasteiger partial charge < -0.3 is 14.6 Å². The van der Waals surface area contributed by atoms with Crippen LogP contribution in [0.1, 0.15) is 11.1 Å². The molecule has 2 aromatic carbocycles. The van der Waals surface area contributed by atoms with Crippen LogP contribution in [0.3, 0.4) is 0 Å². The van der Waals surface area contributed by atoms with E-state index in [0.717, 1.165) is 0 Å². The van der Waals surface area contributed by atoms with Gasteiger partial charge in [-0.05, 0) is 64.1 Å². The lowest BCUT2D eigenvalue weighted by Gasteiger charge is -2.12. The summed E-state index contributed by atoms with van der Waals surface area (Å²) in [4.78, 5) is 10.7. The number of carboxylic acids is 1. The molecule has 0 aliphatic heterocycles. The molecule has 0 saturated heterocycles. The summed E-state index contributed by atoms with van der Waals surface area (Å²) in [5, 5.41) is 18.1. The minimum Gasteiger partial charge on any atom is -0.493 e. The predicted octanol–water partition coefficient (Wildman–Crippen LogP) is 3.97. The van der Waals surface area contributed by atoms with Gasteiger partial charge in [0.15, 0.2) is 18.1 Å². The maximum Gasteiger partial charge on any atom is 0.341 e. The Morgan fingerprint density at radius 1 is 1.40 bits per heavy atom. The average Bonchev–Trinajstić information content (AvgIpc) is 2.58. The van der Waals surface area contributed by atoms with E-state index in [1.807, 2.05) is 28.7 Å². The van der Waals surface area contributed by atoms with Gasteiger partial charge >= 0.3 is 5.97 Å². The highest BCUT2D eigenvalue weighted by atomic mass is 127. The number of aliphatic carboxylic acids is 1. The van der Waals surface area contributed by atoms with Crippen LogP contribution < -0.4 is 9.47 Å². The zero-order chi connectivity index (χ0) is 18.4. The number of benzene rings is 2. The minimum atomic E-state index is -1.10. The van der Waals surface area contributed by atoms with Crippen molar-refractivity contribution in [2.75, 3.05) is 13.7 Å². The molecule has 0 spiro atoms. The van der Waals surface area contributed by atoms with E-state index < -0.39 is 18.4 Å². The third-order valence-electron chi connectivity index (χ3n) is 3.16. The number of carbonyl (C=O) groups is 1. The smallest absolute Gasteiger partial charge is 0.341 e. The molecule has 2 aromatic rings. The van der Waals surface area contributed by atoms with E-state index in [2.05, 4.69) is 0 Å². The molecule has 0 heterocycles. The first-order chi connectivity index (χ1) is 11.9. The van der Waals surface area contributed by atoms with Gasteiger partial charge in [0.1, 0.15) is 5.82 Å². The molecule has 1 N–H and O–H groups in total. The van der Waals surface area contributed by atoms with Gasteiger partial charge in [0, 0.05) is 0 Å². The lowest BCUT2D eigenvalue weighted by molar-refractivity contribution is -0.139. The number of nitrogens with zero attached hydrogens (tertiary/aromatic N) is 1. The number of hydrogen-bond acceptors (Lipinski definition) is 4. The number of carboxylic acid groups (broad SMARTS) is 1. The van der Waals surface area contributed by atoms with Crippen LogP contribution in [0.4, 0.5) is 4.39 Å². The molecule has 128 valence electrons. The largest absolute Gasteiger partial charge is 0.493 e. The van der Waals surface area contributed by atoms with E-state index in [0.29, 0.717) is 26.2 Å². The highest BCUT2D eigenvalue weighted by Gasteiger charge is 2.13. The molecule has 0 fully saturated rings. The quantitative estimate of drug-likeness (QED) is 0.407.